The summed E-state index contributed by atoms with van der Waals surface area (Å²) in [6, 6.07) is -0.980. The predicted octanol–water partition coefficient (Wildman–Crippen LogP) is 0.237. The van der Waals surface area contributed by atoms with Crippen LogP contribution in [0.1, 0.15) is 32.9 Å². The number of aromatic nitrogens is 2. The fourth-order valence-corrected chi connectivity index (χ4v) is 1.83. The molecule has 0 aliphatic rings. The summed E-state index contributed by atoms with van der Waals surface area (Å²) in [5.41, 5.74) is 5.96. The molecule has 10 heteroatoms. The topological polar surface area (TPSA) is 146 Å². The molecule has 2 atom stereocenters. The number of rotatable bonds is 9. The lowest BCUT2D eigenvalue weighted by atomic mass is 10.1. The number of aromatic amines is 1. The summed E-state index contributed by atoms with van der Waals surface area (Å²) < 4.78 is 14.7. The highest BCUT2D eigenvalue weighted by Gasteiger charge is 2.26. The number of carbonyl (C=O) groups is 3. The molecule has 1 rings (SSSR count). The first-order valence-corrected chi connectivity index (χ1v) is 7.86. The van der Waals surface area contributed by atoms with Crippen LogP contribution in [0.3, 0.4) is 0 Å². The van der Waals surface area contributed by atoms with Crippen LogP contribution < -0.4 is 11.1 Å². The molecule has 0 spiro atoms. The highest BCUT2D eigenvalue weighted by molar-refractivity contribution is 5.84. The maximum Gasteiger partial charge on any atom is 0.511 e. The van der Waals surface area contributed by atoms with Crippen molar-refractivity contribution in [1.29, 1.82) is 0 Å². The monoisotopic (exact) mass is 356 g/mol. The fraction of sp³-hybridized carbons (Fsp3) is 0.600. The molecule has 0 aromatic carbocycles. The van der Waals surface area contributed by atoms with Gasteiger partial charge in [-0.05, 0) is 13.8 Å². The number of hydrogen-bond donors (Lipinski definition) is 3. The van der Waals surface area contributed by atoms with Crippen molar-refractivity contribution in [3.05, 3.63) is 18.2 Å². The van der Waals surface area contributed by atoms with Gasteiger partial charge in [0, 0.05) is 38.2 Å². The van der Waals surface area contributed by atoms with Gasteiger partial charge in [-0.25, -0.2) is 14.6 Å². The minimum Gasteiger partial charge on any atom is -0.431 e. The summed E-state index contributed by atoms with van der Waals surface area (Å²) in [5, 5.41) is 2.53. The third-order valence-electron chi connectivity index (χ3n) is 2.85. The van der Waals surface area contributed by atoms with Gasteiger partial charge in [-0.1, -0.05) is 0 Å². The molecule has 0 aliphatic heterocycles. The molecule has 25 heavy (non-hydrogen) atoms. The number of amides is 1. The van der Waals surface area contributed by atoms with E-state index in [-0.39, 0.29) is 25.5 Å². The fourth-order valence-electron chi connectivity index (χ4n) is 1.83. The van der Waals surface area contributed by atoms with E-state index in [0.29, 0.717) is 5.69 Å². The second-order valence-electron chi connectivity index (χ2n) is 5.48. The molecule has 0 aliphatic carbocycles. The molecule has 1 aromatic rings. The molecule has 140 valence electrons. The second kappa shape index (κ2) is 10.3. The highest BCUT2D eigenvalue weighted by Crippen LogP contribution is 2.06. The van der Waals surface area contributed by atoms with Crippen molar-refractivity contribution >= 4 is 18.0 Å². The van der Waals surface area contributed by atoms with Crippen molar-refractivity contribution in [2.45, 2.75) is 52.0 Å². The SMILES string of the molecule is CC(C)OC(=O)OC(C)OC(=O)C(Cc1cnc[nH]1)NC(=O)CCN. The van der Waals surface area contributed by atoms with E-state index >= 15 is 0 Å². The van der Waals surface area contributed by atoms with Crippen molar-refractivity contribution in [2.75, 3.05) is 6.54 Å². The van der Waals surface area contributed by atoms with Crippen LogP contribution in [-0.2, 0) is 30.2 Å². The summed E-state index contributed by atoms with van der Waals surface area (Å²) in [6.07, 6.45) is 0.696. The van der Waals surface area contributed by atoms with Gasteiger partial charge in [0.2, 0.25) is 12.2 Å². The van der Waals surface area contributed by atoms with Gasteiger partial charge in [-0.2, -0.15) is 0 Å². The molecule has 0 saturated heterocycles. The Kier molecular flexibility index (Phi) is 8.40. The maximum atomic E-state index is 12.3. The molecule has 1 heterocycles. The van der Waals surface area contributed by atoms with Crippen molar-refractivity contribution in [3.63, 3.8) is 0 Å². The zero-order valence-corrected chi connectivity index (χ0v) is 14.5. The Balaban J connectivity index is 2.64. The minimum atomic E-state index is -1.17. The Morgan fingerprint density at radius 2 is 1.96 bits per heavy atom. The van der Waals surface area contributed by atoms with Crippen LogP contribution in [0.4, 0.5) is 4.79 Å². The zero-order valence-electron chi connectivity index (χ0n) is 14.5. The van der Waals surface area contributed by atoms with Crippen molar-refractivity contribution in [1.82, 2.24) is 15.3 Å². The predicted molar refractivity (Wildman–Crippen MR) is 86.1 cm³/mol. The number of esters is 1. The maximum absolute atomic E-state index is 12.3. The van der Waals surface area contributed by atoms with E-state index in [2.05, 4.69) is 15.3 Å². The third kappa shape index (κ3) is 8.15. The van der Waals surface area contributed by atoms with Gasteiger partial charge in [-0.3, -0.25) is 4.79 Å². The van der Waals surface area contributed by atoms with Crippen molar-refractivity contribution < 1.29 is 28.6 Å². The molecule has 0 bridgehead atoms. The lowest BCUT2D eigenvalue weighted by Crippen LogP contribution is -2.45. The molecule has 1 amide bonds. The summed E-state index contributed by atoms with van der Waals surface area (Å²) in [7, 11) is 0. The normalized spacial score (nSPS) is 13.0. The van der Waals surface area contributed by atoms with Crippen LogP contribution in [-0.4, -0.2) is 53.0 Å². The van der Waals surface area contributed by atoms with Crippen LogP contribution in [0.25, 0.3) is 0 Å². The summed E-state index contributed by atoms with van der Waals surface area (Å²) in [6.45, 7) is 4.84. The Labute approximate surface area is 145 Å². The Morgan fingerprint density at radius 3 is 2.52 bits per heavy atom. The third-order valence-corrected chi connectivity index (χ3v) is 2.85. The minimum absolute atomic E-state index is 0.0690. The lowest BCUT2D eigenvalue weighted by Gasteiger charge is -2.20. The smallest absolute Gasteiger partial charge is 0.431 e. The van der Waals surface area contributed by atoms with Gasteiger partial charge in [0.05, 0.1) is 12.4 Å². The molecule has 0 saturated carbocycles. The Bertz CT molecular complexity index is 560. The van der Waals surface area contributed by atoms with Crippen LogP contribution in [0.5, 0.6) is 0 Å². The van der Waals surface area contributed by atoms with E-state index in [4.69, 9.17) is 19.9 Å². The van der Waals surface area contributed by atoms with E-state index in [0.717, 1.165) is 0 Å². The van der Waals surface area contributed by atoms with Crippen LogP contribution in [0, 0.1) is 0 Å². The van der Waals surface area contributed by atoms with E-state index in [1.807, 2.05) is 0 Å². The standard InChI is InChI=1S/C15H24N4O6/c1-9(2)23-15(22)25-10(3)24-14(21)12(19-13(20)4-5-16)6-11-7-17-8-18-11/h7-10,12H,4-6,16H2,1-3H3,(H,17,18)(H,19,20). The number of hydrogen-bond acceptors (Lipinski definition) is 8. The first-order valence-electron chi connectivity index (χ1n) is 7.86. The van der Waals surface area contributed by atoms with Gasteiger partial charge >= 0.3 is 12.1 Å². The van der Waals surface area contributed by atoms with Gasteiger partial charge < -0.3 is 30.2 Å². The molecular weight excluding hydrogens is 332 g/mol. The number of nitrogens with two attached hydrogens (primary N) is 1. The lowest BCUT2D eigenvalue weighted by molar-refractivity contribution is -0.171. The average molecular weight is 356 g/mol. The summed E-state index contributed by atoms with van der Waals surface area (Å²) in [4.78, 5) is 42.1. The largest absolute Gasteiger partial charge is 0.511 e. The number of nitrogens with one attached hydrogen (secondary N) is 2. The van der Waals surface area contributed by atoms with E-state index in [1.54, 1.807) is 13.8 Å². The first kappa shape index (κ1) is 20.4. The molecule has 1 aromatic heterocycles. The second-order valence-corrected chi connectivity index (χ2v) is 5.48. The van der Waals surface area contributed by atoms with Gasteiger partial charge in [0.25, 0.3) is 0 Å². The molecule has 4 N–H and O–H groups in total. The molecule has 0 fully saturated rings. The molecular formula is C15H24N4O6. The summed E-state index contributed by atoms with van der Waals surface area (Å²) >= 11 is 0. The zero-order chi connectivity index (χ0) is 18.8. The Morgan fingerprint density at radius 1 is 1.24 bits per heavy atom. The van der Waals surface area contributed by atoms with E-state index in [9.17, 15) is 14.4 Å². The molecule has 2 unspecified atom stereocenters. The first-order chi connectivity index (χ1) is 11.8. The number of ether oxygens (including phenoxy) is 3. The van der Waals surface area contributed by atoms with Crippen molar-refractivity contribution in [3.8, 4) is 0 Å². The average Bonchev–Trinajstić information content (AvgIpc) is 2.98. The van der Waals surface area contributed by atoms with E-state index < -0.39 is 30.4 Å². The van der Waals surface area contributed by atoms with Gasteiger partial charge in [0.15, 0.2) is 0 Å². The highest BCUT2D eigenvalue weighted by atomic mass is 16.8. The van der Waals surface area contributed by atoms with Crippen LogP contribution in [0.15, 0.2) is 12.5 Å². The number of nitrogens with zero attached hydrogens (tertiary/aromatic N) is 1. The summed E-state index contributed by atoms with van der Waals surface area (Å²) in [5.74, 6) is -1.15. The number of carbonyl (C=O) groups excluding carboxylic acids is 3. The van der Waals surface area contributed by atoms with Gasteiger partial charge in [0.1, 0.15) is 6.04 Å². The van der Waals surface area contributed by atoms with Crippen molar-refractivity contribution in [2.24, 2.45) is 5.73 Å². The quantitative estimate of drug-likeness (QED) is 0.421. The Hall–Kier alpha value is -2.62. The van der Waals surface area contributed by atoms with Crippen LogP contribution in [0.2, 0.25) is 0 Å². The number of H-pyrrole nitrogens is 1. The molecule has 0 radical (unpaired) electrons. The number of imidazole rings is 1. The van der Waals surface area contributed by atoms with Gasteiger partial charge in [-0.15, -0.1) is 0 Å². The van der Waals surface area contributed by atoms with Crippen LogP contribution >= 0.6 is 0 Å². The van der Waals surface area contributed by atoms with E-state index in [1.165, 1.54) is 19.4 Å². The molecule has 10 nitrogen and oxygen atoms in total.